The Kier molecular flexibility index (Phi) is 5.59. The number of pyridine rings is 1. The molecule has 28 heavy (non-hydrogen) atoms. The highest BCUT2D eigenvalue weighted by Crippen LogP contribution is 2.29. The second-order valence-corrected chi connectivity index (χ2v) is 7.93. The molecule has 1 N–H and O–H groups in total. The number of likely N-dealkylation sites (N-methyl/N-ethyl adjacent to an activating group) is 1. The van der Waals surface area contributed by atoms with Crippen LogP contribution in [0, 0.1) is 0 Å². The van der Waals surface area contributed by atoms with E-state index in [-0.39, 0.29) is 5.91 Å². The Hall–Kier alpha value is -2.44. The van der Waals surface area contributed by atoms with Gasteiger partial charge in [-0.05, 0) is 57.6 Å². The average Bonchev–Trinajstić information content (AvgIpc) is 3.40. The van der Waals surface area contributed by atoms with E-state index in [4.69, 9.17) is 4.74 Å². The zero-order valence-corrected chi connectivity index (χ0v) is 16.6. The number of hydrogen-bond donors (Lipinski definition) is 1. The van der Waals surface area contributed by atoms with Gasteiger partial charge in [0.2, 0.25) is 0 Å². The van der Waals surface area contributed by atoms with Crippen LogP contribution in [0.1, 0.15) is 35.2 Å². The number of carbonyl (C=O) groups is 1. The van der Waals surface area contributed by atoms with Gasteiger partial charge in [0.1, 0.15) is 11.5 Å². The summed E-state index contributed by atoms with van der Waals surface area (Å²) in [7, 11) is 4.14. The quantitative estimate of drug-likeness (QED) is 0.800. The van der Waals surface area contributed by atoms with Gasteiger partial charge >= 0.3 is 0 Å². The van der Waals surface area contributed by atoms with E-state index >= 15 is 0 Å². The van der Waals surface area contributed by atoms with Gasteiger partial charge in [-0.1, -0.05) is 6.07 Å². The number of nitrogens with zero attached hydrogens (tertiary/aromatic N) is 3. The predicted octanol–water partition coefficient (Wildman–Crippen LogP) is 2.90. The molecule has 1 amide bonds. The smallest absolute Gasteiger partial charge is 0.254 e. The van der Waals surface area contributed by atoms with Crippen LogP contribution in [0.25, 0.3) is 0 Å². The van der Waals surface area contributed by atoms with Crippen molar-refractivity contribution in [2.75, 3.05) is 27.2 Å². The topological polar surface area (TPSA) is 57.7 Å². The molecule has 1 aromatic carbocycles. The third kappa shape index (κ3) is 4.51. The summed E-state index contributed by atoms with van der Waals surface area (Å²) in [6, 6.07) is 10.6. The van der Waals surface area contributed by atoms with Crippen molar-refractivity contribution in [2.45, 2.75) is 37.9 Å². The molecular formula is C22H28N4O2. The summed E-state index contributed by atoms with van der Waals surface area (Å²) in [4.78, 5) is 21.3. The molecule has 4 rings (SSSR count). The zero-order chi connectivity index (χ0) is 19.5. The Morgan fingerprint density at radius 3 is 2.82 bits per heavy atom. The maximum absolute atomic E-state index is 13.0. The fraction of sp³-hybridized carbons (Fsp3) is 0.455. The van der Waals surface area contributed by atoms with Crippen LogP contribution in [-0.2, 0) is 6.54 Å². The highest BCUT2D eigenvalue weighted by Gasteiger charge is 2.28. The van der Waals surface area contributed by atoms with Crippen LogP contribution < -0.4 is 10.1 Å². The van der Waals surface area contributed by atoms with E-state index in [1.807, 2.05) is 35.2 Å². The molecular weight excluding hydrogens is 352 g/mol. The van der Waals surface area contributed by atoms with E-state index in [9.17, 15) is 4.79 Å². The molecule has 1 aliphatic carbocycles. The molecule has 1 aromatic heterocycles. The third-order valence-electron chi connectivity index (χ3n) is 5.52. The molecule has 0 spiro atoms. The Bertz CT molecular complexity index is 821. The number of aromatic nitrogens is 1. The van der Waals surface area contributed by atoms with Gasteiger partial charge in [-0.2, -0.15) is 0 Å². The van der Waals surface area contributed by atoms with Crippen LogP contribution >= 0.6 is 0 Å². The number of ether oxygens (including phenoxy) is 1. The minimum absolute atomic E-state index is 0.0714. The largest absolute Gasteiger partial charge is 0.455 e. The Labute approximate surface area is 166 Å². The Morgan fingerprint density at radius 2 is 2.14 bits per heavy atom. The monoisotopic (exact) mass is 380 g/mol. The fourth-order valence-corrected chi connectivity index (χ4v) is 3.54. The van der Waals surface area contributed by atoms with Gasteiger partial charge in [0, 0.05) is 49.0 Å². The molecule has 2 aliphatic rings. The summed E-state index contributed by atoms with van der Waals surface area (Å²) in [5, 5.41) is 3.52. The number of likely N-dealkylation sites (tertiary alicyclic amines) is 1. The lowest BCUT2D eigenvalue weighted by atomic mass is 10.1. The molecule has 2 fully saturated rings. The van der Waals surface area contributed by atoms with Crippen LogP contribution in [0.4, 0.5) is 0 Å². The standard InChI is InChI=1S/C22H28N4O2/c1-25(2)19-9-11-26(15-19)22(27)16-5-6-17(13-24-18-7-8-18)21(12-16)28-20-4-3-10-23-14-20/h3-6,10,12,14,18-19,24H,7-9,11,13,15H2,1-2H3. The molecule has 6 nitrogen and oxygen atoms in total. The highest BCUT2D eigenvalue weighted by atomic mass is 16.5. The first-order valence-corrected chi connectivity index (χ1v) is 10.00. The molecule has 2 heterocycles. The number of nitrogens with one attached hydrogen (secondary N) is 1. The van der Waals surface area contributed by atoms with Crippen LogP contribution in [0.5, 0.6) is 11.5 Å². The van der Waals surface area contributed by atoms with Gasteiger partial charge in [0.05, 0.1) is 6.20 Å². The van der Waals surface area contributed by atoms with E-state index in [0.29, 0.717) is 23.4 Å². The SMILES string of the molecule is CN(C)C1CCN(C(=O)c2ccc(CNC3CC3)c(Oc3cccnc3)c2)C1. The van der Waals surface area contributed by atoms with Crippen LogP contribution in [0.15, 0.2) is 42.7 Å². The lowest BCUT2D eigenvalue weighted by molar-refractivity contribution is 0.0782. The van der Waals surface area contributed by atoms with Crippen molar-refractivity contribution >= 4 is 5.91 Å². The van der Waals surface area contributed by atoms with E-state index < -0.39 is 0 Å². The van der Waals surface area contributed by atoms with Crippen molar-refractivity contribution in [3.05, 3.63) is 53.9 Å². The van der Waals surface area contributed by atoms with Gasteiger partial charge in [-0.3, -0.25) is 9.78 Å². The number of rotatable bonds is 7. The normalized spacial score (nSPS) is 19.2. The van der Waals surface area contributed by atoms with Gasteiger partial charge in [-0.25, -0.2) is 0 Å². The van der Waals surface area contributed by atoms with Gasteiger partial charge in [0.25, 0.3) is 5.91 Å². The first-order valence-electron chi connectivity index (χ1n) is 10.00. The number of hydrogen-bond acceptors (Lipinski definition) is 5. The Balaban J connectivity index is 1.54. The lowest BCUT2D eigenvalue weighted by Gasteiger charge is -2.21. The minimum atomic E-state index is 0.0714. The van der Waals surface area contributed by atoms with Crippen LogP contribution in [0.3, 0.4) is 0 Å². The van der Waals surface area contributed by atoms with Crippen LogP contribution in [0.2, 0.25) is 0 Å². The number of benzene rings is 1. The van der Waals surface area contributed by atoms with E-state index in [2.05, 4.69) is 29.3 Å². The summed E-state index contributed by atoms with van der Waals surface area (Å²) < 4.78 is 6.09. The maximum Gasteiger partial charge on any atom is 0.254 e. The van der Waals surface area contributed by atoms with Gasteiger partial charge < -0.3 is 19.9 Å². The first kappa shape index (κ1) is 18.9. The van der Waals surface area contributed by atoms with E-state index in [0.717, 1.165) is 37.4 Å². The minimum Gasteiger partial charge on any atom is -0.455 e. The predicted molar refractivity (Wildman–Crippen MR) is 109 cm³/mol. The molecule has 148 valence electrons. The molecule has 2 aromatic rings. The molecule has 0 bridgehead atoms. The maximum atomic E-state index is 13.0. The van der Waals surface area contributed by atoms with Crippen molar-refractivity contribution in [1.82, 2.24) is 20.1 Å². The molecule has 1 saturated carbocycles. The van der Waals surface area contributed by atoms with Gasteiger partial charge in [-0.15, -0.1) is 0 Å². The summed E-state index contributed by atoms with van der Waals surface area (Å²) in [5.41, 5.74) is 1.73. The zero-order valence-electron chi connectivity index (χ0n) is 16.6. The van der Waals surface area contributed by atoms with Crippen LogP contribution in [-0.4, -0.2) is 60.0 Å². The van der Waals surface area contributed by atoms with Crippen molar-refractivity contribution in [3.63, 3.8) is 0 Å². The Morgan fingerprint density at radius 1 is 1.29 bits per heavy atom. The number of carbonyl (C=O) groups excluding carboxylic acids is 1. The second-order valence-electron chi connectivity index (χ2n) is 7.93. The summed E-state index contributed by atoms with van der Waals surface area (Å²) >= 11 is 0. The van der Waals surface area contributed by atoms with E-state index in [1.165, 1.54) is 12.8 Å². The first-order chi connectivity index (χ1) is 13.6. The van der Waals surface area contributed by atoms with Gasteiger partial charge in [0.15, 0.2) is 0 Å². The van der Waals surface area contributed by atoms with Crippen molar-refractivity contribution in [3.8, 4) is 11.5 Å². The number of amides is 1. The summed E-state index contributed by atoms with van der Waals surface area (Å²) in [6.07, 6.45) is 6.89. The molecule has 1 atom stereocenters. The second kappa shape index (κ2) is 8.29. The molecule has 0 radical (unpaired) electrons. The van der Waals surface area contributed by atoms with Crippen molar-refractivity contribution in [2.24, 2.45) is 0 Å². The molecule has 1 unspecified atom stereocenters. The van der Waals surface area contributed by atoms with Crippen molar-refractivity contribution in [1.29, 1.82) is 0 Å². The van der Waals surface area contributed by atoms with Crippen molar-refractivity contribution < 1.29 is 9.53 Å². The molecule has 6 heteroatoms. The molecule has 1 saturated heterocycles. The summed E-state index contributed by atoms with van der Waals surface area (Å²) in [5.74, 6) is 1.46. The highest BCUT2D eigenvalue weighted by molar-refractivity contribution is 5.95. The van der Waals surface area contributed by atoms with E-state index in [1.54, 1.807) is 12.4 Å². The lowest BCUT2D eigenvalue weighted by Crippen LogP contribution is -2.34. The average molecular weight is 380 g/mol. The molecule has 1 aliphatic heterocycles. The third-order valence-corrected chi connectivity index (χ3v) is 5.52. The summed E-state index contributed by atoms with van der Waals surface area (Å²) in [6.45, 7) is 2.31. The fourth-order valence-electron chi connectivity index (χ4n) is 3.54.